The molecular weight excluding hydrogens is 138 g/mol. The minimum absolute atomic E-state index is 0.903. The number of hydrogen-bond donors (Lipinski definition) is 0. The topological polar surface area (TPSA) is 38.7 Å². The molecule has 2 rings (SSSR count). The second-order valence-electron chi connectivity index (χ2n) is 2.42. The van der Waals surface area contributed by atoms with E-state index in [0.29, 0.717) is 0 Å². The molecule has 0 aromatic carbocycles. The van der Waals surface area contributed by atoms with Crippen LogP contribution < -0.4 is 0 Å². The van der Waals surface area contributed by atoms with Crippen molar-refractivity contribution >= 4 is 10.9 Å². The smallest absolute Gasteiger partial charge is 0.0963 e. The van der Waals surface area contributed by atoms with Crippen LogP contribution in [0.4, 0.5) is 0 Å². The molecule has 11 heavy (non-hydrogen) atoms. The maximum absolute atomic E-state index is 4.01. The van der Waals surface area contributed by atoms with Gasteiger partial charge in [-0.25, -0.2) is 0 Å². The van der Waals surface area contributed by atoms with Crippen LogP contribution in [0.25, 0.3) is 10.9 Å². The molecule has 0 unspecified atom stereocenters. The summed E-state index contributed by atoms with van der Waals surface area (Å²) in [7, 11) is 0. The van der Waals surface area contributed by atoms with Crippen molar-refractivity contribution in [3.63, 3.8) is 0 Å². The molecule has 0 spiro atoms. The second-order valence-corrected chi connectivity index (χ2v) is 2.42. The third-order valence-corrected chi connectivity index (χ3v) is 1.64. The van der Waals surface area contributed by atoms with E-state index in [4.69, 9.17) is 0 Å². The van der Waals surface area contributed by atoms with Gasteiger partial charge in [0.1, 0.15) is 0 Å². The monoisotopic (exact) mass is 145 g/mol. The van der Waals surface area contributed by atoms with Crippen molar-refractivity contribution in [2.75, 3.05) is 0 Å². The third-order valence-electron chi connectivity index (χ3n) is 1.64. The first kappa shape index (κ1) is 6.22. The van der Waals surface area contributed by atoms with Gasteiger partial charge in [0.15, 0.2) is 0 Å². The van der Waals surface area contributed by atoms with Crippen molar-refractivity contribution in [2.45, 2.75) is 6.92 Å². The summed E-state index contributed by atoms with van der Waals surface area (Å²) in [6.07, 6.45) is 5.26. The number of aromatic nitrogens is 3. The first-order valence-corrected chi connectivity index (χ1v) is 3.40. The normalized spacial score (nSPS) is 10.3. The minimum atomic E-state index is 0.903. The lowest BCUT2D eigenvalue weighted by Gasteiger charge is -1.96. The summed E-state index contributed by atoms with van der Waals surface area (Å²) in [6.45, 7) is 2.00. The predicted octanol–water partition coefficient (Wildman–Crippen LogP) is 1.33. The lowest BCUT2D eigenvalue weighted by Crippen LogP contribution is -1.86. The number of nitrogens with zero attached hydrogens (tertiary/aromatic N) is 3. The molecule has 0 atom stereocenters. The van der Waals surface area contributed by atoms with E-state index < -0.39 is 0 Å². The molecule has 0 aliphatic carbocycles. The van der Waals surface area contributed by atoms with E-state index in [0.717, 1.165) is 16.5 Å². The number of fused-ring (bicyclic) bond motifs is 1. The van der Waals surface area contributed by atoms with Crippen LogP contribution in [-0.4, -0.2) is 15.2 Å². The average Bonchev–Trinajstić information content (AvgIpc) is 2.06. The molecule has 54 valence electrons. The Kier molecular flexibility index (Phi) is 1.28. The summed E-state index contributed by atoms with van der Waals surface area (Å²) < 4.78 is 0. The molecule has 3 heteroatoms. The Morgan fingerprint density at radius 2 is 2.18 bits per heavy atom. The van der Waals surface area contributed by atoms with Crippen LogP contribution in [0.15, 0.2) is 24.7 Å². The van der Waals surface area contributed by atoms with Crippen molar-refractivity contribution in [1.82, 2.24) is 15.2 Å². The number of aryl methyl sites for hydroxylation is 1. The van der Waals surface area contributed by atoms with Crippen molar-refractivity contribution in [3.8, 4) is 0 Å². The van der Waals surface area contributed by atoms with E-state index in [2.05, 4.69) is 15.2 Å². The van der Waals surface area contributed by atoms with Crippen LogP contribution in [-0.2, 0) is 0 Å². The quantitative estimate of drug-likeness (QED) is 0.561. The van der Waals surface area contributed by atoms with E-state index in [1.165, 1.54) is 0 Å². The van der Waals surface area contributed by atoms with E-state index in [9.17, 15) is 0 Å². The Labute approximate surface area is 64.1 Å². The highest BCUT2D eigenvalue weighted by molar-refractivity contribution is 5.79. The largest absolute Gasteiger partial charge is 0.264 e. The summed E-state index contributed by atoms with van der Waals surface area (Å²) in [4.78, 5) is 4.01. The van der Waals surface area contributed by atoms with Crippen molar-refractivity contribution < 1.29 is 0 Å². The Morgan fingerprint density at radius 3 is 3.00 bits per heavy atom. The van der Waals surface area contributed by atoms with Gasteiger partial charge in [-0.3, -0.25) is 4.98 Å². The zero-order valence-electron chi connectivity index (χ0n) is 6.15. The van der Waals surface area contributed by atoms with Gasteiger partial charge in [-0.2, -0.15) is 10.2 Å². The molecule has 0 saturated carbocycles. The molecule has 0 radical (unpaired) electrons. The Bertz CT molecular complexity index is 378. The molecule has 2 heterocycles. The molecular formula is C8H7N3. The van der Waals surface area contributed by atoms with Gasteiger partial charge in [-0.1, -0.05) is 0 Å². The SMILES string of the molecule is Cc1cnnc2ccncc12. The Hall–Kier alpha value is -1.51. The molecule has 2 aromatic heterocycles. The third kappa shape index (κ3) is 0.941. The van der Waals surface area contributed by atoms with Crippen molar-refractivity contribution in [1.29, 1.82) is 0 Å². The summed E-state index contributed by atoms with van der Waals surface area (Å²) >= 11 is 0. The summed E-state index contributed by atoms with van der Waals surface area (Å²) in [6, 6.07) is 1.86. The van der Waals surface area contributed by atoms with Gasteiger partial charge in [0, 0.05) is 17.8 Å². The van der Waals surface area contributed by atoms with Crippen molar-refractivity contribution in [3.05, 3.63) is 30.2 Å². The Morgan fingerprint density at radius 1 is 1.27 bits per heavy atom. The van der Waals surface area contributed by atoms with Crippen LogP contribution >= 0.6 is 0 Å². The Balaban J connectivity index is 2.91. The van der Waals surface area contributed by atoms with Gasteiger partial charge in [0.25, 0.3) is 0 Å². The van der Waals surface area contributed by atoms with Crippen molar-refractivity contribution in [2.24, 2.45) is 0 Å². The highest BCUT2D eigenvalue weighted by Gasteiger charge is 1.95. The molecule has 0 aliphatic rings. The van der Waals surface area contributed by atoms with E-state index in [-0.39, 0.29) is 0 Å². The fraction of sp³-hybridized carbons (Fsp3) is 0.125. The average molecular weight is 145 g/mol. The lowest BCUT2D eigenvalue weighted by atomic mass is 10.2. The predicted molar refractivity (Wildman–Crippen MR) is 42.1 cm³/mol. The lowest BCUT2D eigenvalue weighted by molar-refractivity contribution is 1.06. The maximum atomic E-state index is 4.01. The molecule has 0 amide bonds. The summed E-state index contributed by atoms with van der Waals surface area (Å²) in [5.41, 5.74) is 2.02. The van der Waals surface area contributed by atoms with Gasteiger partial charge in [0.05, 0.1) is 11.7 Å². The molecule has 2 aromatic rings. The van der Waals surface area contributed by atoms with Crippen LogP contribution in [0.1, 0.15) is 5.56 Å². The van der Waals surface area contributed by atoms with Gasteiger partial charge < -0.3 is 0 Å². The molecule has 3 nitrogen and oxygen atoms in total. The number of pyridine rings is 1. The van der Waals surface area contributed by atoms with E-state index >= 15 is 0 Å². The molecule has 0 saturated heterocycles. The van der Waals surface area contributed by atoms with Crippen LogP contribution in [0.2, 0.25) is 0 Å². The first-order valence-electron chi connectivity index (χ1n) is 3.40. The highest BCUT2D eigenvalue weighted by Crippen LogP contribution is 2.11. The van der Waals surface area contributed by atoms with Gasteiger partial charge in [0.2, 0.25) is 0 Å². The summed E-state index contributed by atoms with van der Waals surface area (Å²) in [5.74, 6) is 0. The second kappa shape index (κ2) is 2.27. The zero-order valence-corrected chi connectivity index (χ0v) is 6.15. The van der Waals surface area contributed by atoms with Crippen LogP contribution in [0, 0.1) is 6.92 Å². The number of rotatable bonds is 0. The fourth-order valence-electron chi connectivity index (χ4n) is 1.03. The van der Waals surface area contributed by atoms with Crippen LogP contribution in [0.3, 0.4) is 0 Å². The van der Waals surface area contributed by atoms with E-state index in [1.54, 1.807) is 18.6 Å². The fourth-order valence-corrected chi connectivity index (χ4v) is 1.03. The maximum Gasteiger partial charge on any atom is 0.0963 e. The van der Waals surface area contributed by atoms with Gasteiger partial charge >= 0.3 is 0 Å². The summed E-state index contributed by atoms with van der Waals surface area (Å²) in [5, 5.41) is 8.86. The molecule has 0 bridgehead atoms. The standard InChI is InChI=1S/C8H7N3/c1-6-4-10-11-8-2-3-9-5-7(6)8/h2-5H,1H3. The van der Waals surface area contributed by atoms with E-state index in [1.807, 2.05) is 13.0 Å². The molecule has 0 N–H and O–H groups in total. The van der Waals surface area contributed by atoms with Crippen LogP contribution in [0.5, 0.6) is 0 Å². The van der Waals surface area contributed by atoms with Gasteiger partial charge in [-0.15, -0.1) is 0 Å². The zero-order chi connectivity index (χ0) is 7.68. The number of hydrogen-bond acceptors (Lipinski definition) is 3. The molecule has 0 fully saturated rings. The molecule has 0 aliphatic heterocycles. The first-order chi connectivity index (χ1) is 5.38. The minimum Gasteiger partial charge on any atom is -0.264 e. The highest BCUT2D eigenvalue weighted by atomic mass is 15.1. The van der Waals surface area contributed by atoms with Gasteiger partial charge in [-0.05, 0) is 18.6 Å².